The molecule has 0 N–H and O–H groups in total. The lowest BCUT2D eigenvalue weighted by molar-refractivity contribution is -0.135. The second kappa shape index (κ2) is 5.22. The highest BCUT2D eigenvalue weighted by atomic mass is 79.9. The minimum Gasteiger partial charge on any atom is -0.212 e. The third-order valence-corrected chi connectivity index (χ3v) is 4.70. The molecule has 16 heavy (non-hydrogen) atoms. The van der Waals surface area contributed by atoms with E-state index >= 15 is 0 Å². The van der Waals surface area contributed by atoms with Gasteiger partial charge in [0.1, 0.15) is 6.54 Å². The Kier molecular flexibility index (Phi) is 5.28. The summed E-state index contributed by atoms with van der Waals surface area (Å²) in [6.45, 7) is 2.48. The molecule has 0 spiro atoms. The minimum atomic E-state index is -4.53. The van der Waals surface area contributed by atoms with Crippen LogP contribution >= 0.6 is 15.9 Å². The van der Waals surface area contributed by atoms with E-state index in [0.717, 1.165) is 0 Å². The molecule has 0 fully saturated rings. The van der Waals surface area contributed by atoms with Crippen LogP contribution in [0.25, 0.3) is 0 Å². The van der Waals surface area contributed by atoms with Crippen LogP contribution in [-0.4, -0.2) is 42.1 Å². The fraction of sp³-hybridized carbons (Fsp3) is 1.00. The van der Waals surface area contributed by atoms with Crippen LogP contribution in [0.15, 0.2) is 0 Å². The molecule has 8 heteroatoms. The predicted molar refractivity (Wildman–Crippen MR) is 60.1 cm³/mol. The monoisotopic (exact) mass is 325 g/mol. The van der Waals surface area contributed by atoms with Gasteiger partial charge in [-0.15, -0.1) is 0 Å². The Labute approximate surface area is 102 Å². The first-order valence-corrected chi connectivity index (χ1v) is 7.10. The van der Waals surface area contributed by atoms with E-state index in [2.05, 4.69) is 15.9 Å². The summed E-state index contributed by atoms with van der Waals surface area (Å²) < 4.78 is 59.6. The van der Waals surface area contributed by atoms with E-state index in [1.165, 1.54) is 20.8 Å². The van der Waals surface area contributed by atoms with Crippen molar-refractivity contribution in [2.75, 3.05) is 18.4 Å². The quantitative estimate of drug-likeness (QED) is 0.744. The van der Waals surface area contributed by atoms with Gasteiger partial charge in [-0.1, -0.05) is 15.9 Å². The van der Waals surface area contributed by atoms with Crippen molar-refractivity contribution < 1.29 is 21.6 Å². The molecule has 0 radical (unpaired) electrons. The number of hydrogen-bond acceptors (Lipinski definition) is 2. The van der Waals surface area contributed by atoms with Crippen molar-refractivity contribution in [1.82, 2.24) is 4.31 Å². The lowest BCUT2D eigenvalue weighted by Gasteiger charge is -2.29. The summed E-state index contributed by atoms with van der Waals surface area (Å²) in [5.41, 5.74) is 0. The normalized spacial score (nSPS) is 14.5. The smallest absolute Gasteiger partial charge is 0.212 e. The lowest BCUT2D eigenvalue weighted by Crippen LogP contribution is -2.47. The molecule has 0 aromatic heterocycles. The minimum absolute atomic E-state index is 0.165. The van der Waals surface area contributed by atoms with E-state index in [1.54, 1.807) is 0 Å². The lowest BCUT2D eigenvalue weighted by atomic mass is 10.3. The SMILES string of the molecule is CC(C)(C)S(=O)(=O)N(CCBr)CC(F)(F)F. The largest absolute Gasteiger partial charge is 0.402 e. The Morgan fingerprint density at radius 3 is 1.88 bits per heavy atom. The predicted octanol–water partition coefficient (Wildman–Crippen LogP) is 2.37. The van der Waals surface area contributed by atoms with Crippen molar-refractivity contribution in [3.05, 3.63) is 0 Å². The van der Waals surface area contributed by atoms with Gasteiger partial charge in [0.15, 0.2) is 0 Å². The first-order chi connectivity index (χ1) is 6.92. The molecule has 98 valence electrons. The number of alkyl halides is 4. The van der Waals surface area contributed by atoms with E-state index in [9.17, 15) is 21.6 Å². The van der Waals surface area contributed by atoms with E-state index in [4.69, 9.17) is 0 Å². The maximum Gasteiger partial charge on any atom is 0.402 e. The molecule has 0 aliphatic heterocycles. The van der Waals surface area contributed by atoms with Gasteiger partial charge in [0, 0.05) is 11.9 Å². The highest BCUT2D eigenvalue weighted by Gasteiger charge is 2.41. The van der Waals surface area contributed by atoms with Gasteiger partial charge in [-0.05, 0) is 20.8 Å². The third kappa shape index (κ3) is 4.58. The van der Waals surface area contributed by atoms with Gasteiger partial charge in [0.2, 0.25) is 10.0 Å². The first-order valence-electron chi connectivity index (χ1n) is 4.54. The molecule has 0 saturated heterocycles. The summed E-state index contributed by atoms with van der Waals surface area (Å²) in [6, 6.07) is 0. The van der Waals surface area contributed by atoms with Crippen LogP contribution in [0.1, 0.15) is 20.8 Å². The van der Waals surface area contributed by atoms with Crippen LogP contribution in [0.3, 0.4) is 0 Å². The zero-order valence-electron chi connectivity index (χ0n) is 9.31. The molecule has 0 atom stereocenters. The van der Waals surface area contributed by atoms with E-state index in [1.807, 2.05) is 0 Å². The Hall–Kier alpha value is 0.180. The van der Waals surface area contributed by atoms with Gasteiger partial charge in [-0.2, -0.15) is 17.5 Å². The van der Waals surface area contributed by atoms with E-state index < -0.39 is 27.5 Å². The maximum absolute atomic E-state index is 12.2. The first kappa shape index (κ1) is 16.2. The number of halogens is 4. The van der Waals surface area contributed by atoms with Crippen LogP contribution < -0.4 is 0 Å². The standard InChI is InChI=1S/C8H15BrF3NO2S/c1-7(2,3)16(14,15)13(5-4-9)6-8(10,11)12/h4-6H2,1-3H3. The molecule has 0 rings (SSSR count). The summed E-state index contributed by atoms with van der Waals surface area (Å²) in [4.78, 5) is 0. The van der Waals surface area contributed by atoms with Crippen molar-refractivity contribution >= 4 is 26.0 Å². The second-order valence-electron chi connectivity index (χ2n) is 4.26. The highest BCUT2D eigenvalue weighted by molar-refractivity contribution is 9.09. The van der Waals surface area contributed by atoms with Crippen molar-refractivity contribution in [3.8, 4) is 0 Å². The molecular formula is C8H15BrF3NO2S. The van der Waals surface area contributed by atoms with Crippen LogP contribution in [0.5, 0.6) is 0 Å². The fourth-order valence-electron chi connectivity index (χ4n) is 0.966. The number of rotatable bonds is 4. The molecule has 0 heterocycles. The summed E-state index contributed by atoms with van der Waals surface area (Å²) in [6.07, 6.45) is -4.53. The van der Waals surface area contributed by atoms with Gasteiger partial charge in [0.05, 0.1) is 4.75 Å². The Balaban J connectivity index is 5.08. The molecule has 0 aromatic carbocycles. The topological polar surface area (TPSA) is 37.4 Å². The molecule has 0 aromatic rings. The summed E-state index contributed by atoms with van der Waals surface area (Å²) >= 11 is 2.94. The van der Waals surface area contributed by atoms with Gasteiger partial charge < -0.3 is 0 Å². The van der Waals surface area contributed by atoms with Crippen LogP contribution in [-0.2, 0) is 10.0 Å². The summed E-state index contributed by atoms with van der Waals surface area (Å²) in [5.74, 6) is 0. The molecule has 0 amide bonds. The molecule has 0 unspecified atom stereocenters. The van der Waals surface area contributed by atoms with E-state index in [0.29, 0.717) is 4.31 Å². The zero-order chi connectivity index (χ0) is 13.2. The number of nitrogens with zero attached hydrogens (tertiary/aromatic N) is 1. The zero-order valence-corrected chi connectivity index (χ0v) is 11.7. The average Bonchev–Trinajstić information content (AvgIpc) is 1.98. The Bertz CT molecular complexity index is 321. The molecule has 3 nitrogen and oxygen atoms in total. The van der Waals surface area contributed by atoms with Gasteiger partial charge in [-0.3, -0.25) is 0 Å². The van der Waals surface area contributed by atoms with Crippen LogP contribution in [0.4, 0.5) is 13.2 Å². The molecule has 0 bridgehead atoms. The van der Waals surface area contributed by atoms with Crippen molar-refractivity contribution in [3.63, 3.8) is 0 Å². The fourth-order valence-corrected chi connectivity index (χ4v) is 3.05. The molecule has 0 aliphatic rings. The van der Waals surface area contributed by atoms with Crippen LogP contribution in [0, 0.1) is 0 Å². The molecule has 0 aliphatic carbocycles. The summed E-state index contributed by atoms with van der Waals surface area (Å²) in [5, 5.41) is 0.165. The number of hydrogen-bond donors (Lipinski definition) is 0. The second-order valence-corrected chi connectivity index (χ2v) is 7.74. The molecular weight excluding hydrogens is 311 g/mol. The van der Waals surface area contributed by atoms with Crippen molar-refractivity contribution in [2.24, 2.45) is 0 Å². The van der Waals surface area contributed by atoms with Crippen LogP contribution in [0.2, 0.25) is 0 Å². The average molecular weight is 326 g/mol. The van der Waals surface area contributed by atoms with Crippen molar-refractivity contribution in [2.45, 2.75) is 31.7 Å². The van der Waals surface area contributed by atoms with Crippen molar-refractivity contribution in [1.29, 1.82) is 0 Å². The summed E-state index contributed by atoms with van der Waals surface area (Å²) in [7, 11) is -3.95. The Morgan fingerprint density at radius 2 is 1.62 bits per heavy atom. The third-order valence-electron chi connectivity index (χ3n) is 1.80. The Morgan fingerprint density at radius 1 is 1.19 bits per heavy atom. The van der Waals surface area contributed by atoms with E-state index in [-0.39, 0.29) is 11.9 Å². The van der Waals surface area contributed by atoms with Gasteiger partial charge >= 0.3 is 6.18 Å². The molecule has 0 saturated carbocycles. The van der Waals surface area contributed by atoms with Gasteiger partial charge in [0.25, 0.3) is 0 Å². The maximum atomic E-state index is 12.2. The highest BCUT2D eigenvalue weighted by Crippen LogP contribution is 2.25. The van der Waals surface area contributed by atoms with Gasteiger partial charge in [-0.25, -0.2) is 8.42 Å². The number of sulfonamides is 1.